The quantitative estimate of drug-likeness (QED) is 0.532. The molecule has 2 aromatic carbocycles. The van der Waals surface area contributed by atoms with Crippen LogP contribution in [0.4, 0.5) is 17.5 Å². The number of nitrogens with one attached hydrogen (secondary N) is 3. The standard InChI is InChI=1S/C21H26N6O2S/c1-30(28,29)26-17-8-6-16(7-9-17)10-11-23-20-18-4-2-3-5-19(18)24-21(25-20)27-14-12-22-13-15-27/h2-9,22,26H,10-15H2,1H3,(H,23,24,25). The van der Waals surface area contributed by atoms with Crippen molar-refractivity contribution in [2.24, 2.45) is 0 Å². The highest BCUT2D eigenvalue weighted by Gasteiger charge is 2.15. The summed E-state index contributed by atoms with van der Waals surface area (Å²) in [6, 6.07) is 15.4. The Hall–Kier alpha value is -2.91. The highest BCUT2D eigenvalue weighted by atomic mass is 32.2. The van der Waals surface area contributed by atoms with Gasteiger partial charge in [-0.15, -0.1) is 0 Å². The number of rotatable bonds is 7. The van der Waals surface area contributed by atoms with Gasteiger partial charge in [-0.1, -0.05) is 24.3 Å². The number of hydrogen-bond donors (Lipinski definition) is 3. The third-order valence-electron chi connectivity index (χ3n) is 4.95. The zero-order valence-electron chi connectivity index (χ0n) is 16.9. The Kier molecular flexibility index (Phi) is 6.01. The molecule has 1 fully saturated rings. The molecule has 4 rings (SSSR count). The molecule has 0 aliphatic carbocycles. The summed E-state index contributed by atoms with van der Waals surface area (Å²) in [5.41, 5.74) is 2.61. The van der Waals surface area contributed by atoms with E-state index < -0.39 is 10.0 Å². The summed E-state index contributed by atoms with van der Waals surface area (Å²) in [4.78, 5) is 11.8. The molecule has 1 aliphatic heterocycles. The first-order chi connectivity index (χ1) is 14.5. The van der Waals surface area contributed by atoms with E-state index in [-0.39, 0.29) is 0 Å². The van der Waals surface area contributed by atoms with E-state index in [1.165, 1.54) is 0 Å². The van der Waals surface area contributed by atoms with Gasteiger partial charge in [-0.3, -0.25) is 4.72 Å². The Morgan fingerprint density at radius 2 is 1.77 bits per heavy atom. The van der Waals surface area contributed by atoms with Gasteiger partial charge in [0.05, 0.1) is 11.8 Å². The lowest BCUT2D eigenvalue weighted by molar-refractivity contribution is 0.580. The van der Waals surface area contributed by atoms with E-state index in [0.717, 1.165) is 67.1 Å². The van der Waals surface area contributed by atoms with Crippen LogP contribution >= 0.6 is 0 Å². The number of sulfonamides is 1. The van der Waals surface area contributed by atoms with Crippen molar-refractivity contribution in [3.05, 3.63) is 54.1 Å². The van der Waals surface area contributed by atoms with Crippen molar-refractivity contribution >= 4 is 38.4 Å². The summed E-state index contributed by atoms with van der Waals surface area (Å²) >= 11 is 0. The minimum Gasteiger partial charge on any atom is -0.369 e. The molecular formula is C21H26N6O2S. The monoisotopic (exact) mass is 426 g/mol. The van der Waals surface area contributed by atoms with E-state index in [9.17, 15) is 8.42 Å². The van der Waals surface area contributed by atoms with E-state index in [4.69, 9.17) is 9.97 Å². The summed E-state index contributed by atoms with van der Waals surface area (Å²) in [5, 5.41) is 7.82. The number of benzene rings is 2. The lowest BCUT2D eigenvalue weighted by atomic mass is 10.1. The van der Waals surface area contributed by atoms with Gasteiger partial charge < -0.3 is 15.5 Å². The maximum absolute atomic E-state index is 11.3. The normalized spacial score (nSPS) is 14.6. The minimum absolute atomic E-state index is 0.566. The molecule has 0 unspecified atom stereocenters. The number of nitrogens with zero attached hydrogens (tertiary/aromatic N) is 3. The molecule has 3 aromatic rings. The van der Waals surface area contributed by atoms with Crippen molar-refractivity contribution < 1.29 is 8.42 Å². The van der Waals surface area contributed by atoms with Crippen LogP contribution in [0.25, 0.3) is 10.9 Å². The van der Waals surface area contributed by atoms with Gasteiger partial charge in [-0.25, -0.2) is 13.4 Å². The molecule has 3 N–H and O–H groups in total. The lowest BCUT2D eigenvalue weighted by Gasteiger charge is -2.28. The second-order valence-corrected chi connectivity index (χ2v) is 9.12. The number of para-hydroxylation sites is 1. The van der Waals surface area contributed by atoms with Crippen LogP contribution in [0.3, 0.4) is 0 Å². The number of piperazine rings is 1. The fourth-order valence-corrected chi connectivity index (χ4v) is 4.05. The van der Waals surface area contributed by atoms with Gasteiger partial charge >= 0.3 is 0 Å². The fourth-order valence-electron chi connectivity index (χ4n) is 3.48. The Balaban J connectivity index is 1.46. The van der Waals surface area contributed by atoms with Gasteiger partial charge in [-0.2, -0.15) is 4.98 Å². The van der Waals surface area contributed by atoms with Crippen LogP contribution in [-0.2, 0) is 16.4 Å². The number of anilines is 3. The van der Waals surface area contributed by atoms with Crippen molar-refractivity contribution in [3.8, 4) is 0 Å². The smallest absolute Gasteiger partial charge is 0.229 e. The largest absolute Gasteiger partial charge is 0.369 e. The van der Waals surface area contributed by atoms with Crippen molar-refractivity contribution in [1.29, 1.82) is 0 Å². The zero-order chi connectivity index (χ0) is 21.0. The zero-order valence-corrected chi connectivity index (χ0v) is 17.7. The van der Waals surface area contributed by atoms with Gasteiger partial charge in [0.1, 0.15) is 5.82 Å². The van der Waals surface area contributed by atoms with Crippen LogP contribution in [-0.4, -0.2) is 57.4 Å². The predicted octanol–water partition coefficient (Wildman–Crippen LogP) is 2.07. The third-order valence-corrected chi connectivity index (χ3v) is 5.56. The van der Waals surface area contributed by atoms with Gasteiger partial charge in [0.15, 0.2) is 0 Å². The Labute approximate surface area is 176 Å². The number of hydrogen-bond acceptors (Lipinski definition) is 7. The van der Waals surface area contributed by atoms with Crippen molar-refractivity contribution in [2.45, 2.75) is 6.42 Å². The molecule has 0 amide bonds. The van der Waals surface area contributed by atoms with Crippen LogP contribution in [0.1, 0.15) is 5.56 Å². The van der Waals surface area contributed by atoms with E-state index >= 15 is 0 Å². The first-order valence-corrected chi connectivity index (χ1v) is 11.9. The van der Waals surface area contributed by atoms with Gasteiger partial charge in [-0.05, 0) is 36.2 Å². The predicted molar refractivity (Wildman–Crippen MR) is 122 cm³/mol. The maximum atomic E-state index is 11.3. The fraction of sp³-hybridized carbons (Fsp3) is 0.333. The van der Waals surface area contributed by atoms with Gasteiger partial charge in [0.25, 0.3) is 0 Å². The second-order valence-electron chi connectivity index (χ2n) is 7.37. The molecule has 1 aromatic heterocycles. The van der Waals surface area contributed by atoms with Crippen LogP contribution in [0.2, 0.25) is 0 Å². The average molecular weight is 427 g/mol. The molecule has 0 saturated carbocycles. The minimum atomic E-state index is -3.26. The van der Waals surface area contributed by atoms with Crippen molar-refractivity contribution in [3.63, 3.8) is 0 Å². The number of fused-ring (bicyclic) bond motifs is 1. The molecule has 30 heavy (non-hydrogen) atoms. The topological polar surface area (TPSA) is 99.2 Å². The molecule has 0 bridgehead atoms. The Morgan fingerprint density at radius 3 is 2.50 bits per heavy atom. The highest BCUT2D eigenvalue weighted by molar-refractivity contribution is 7.92. The van der Waals surface area contributed by atoms with Crippen LogP contribution in [0.5, 0.6) is 0 Å². The average Bonchev–Trinajstić information content (AvgIpc) is 2.74. The molecule has 0 radical (unpaired) electrons. The first-order valence-electron chi connectivity index (χ1n) is 10.0. The third kappa shape index (κ3) is 5.17. The molecule has 1 saturated heterocycles. The van der Waals surface area contributed by atoms with Gasteiger partial charge in [0.2, 0.25) is 16.0 Å². The molecule has 0 spiro atoms. The Morgan fingerprint density at radius 1 is 1.03 bits per heavy atom. The number of aromatic nitrogens is 2. The summed E-state index contributed by atoms with van der Waals surface area (Å²) in [7, 11) is -3.26. The molecule has 8 nitrogen and oxygen atoms in total. The lowest BCUT2D eigenvalue weighted by Crippen LogP contribution is -2.44. The summed E-state index contributed by atoms with van der Waals surface area (Å²) in [6.45, 7) is 4.37. The Bertz CT molecular complexity index is 1110. The van der Waals surface area contributed by atoms with Crippen LogP contribution in [0, 0.1) is 0 Å². The van der Waals surface area contributed by atoms with E-state index in [1.54, 1.807) is 12.1 Å². The maximum Gasteiger partial charge on any atom is 0.229 e. The van der Waals surface area contributed by atoms with Crippen LogP contribution in [0.15, 0.2) is 48.5 Å². The van der Waals surface area contributed by atoms with E-state index in [1.807, 2.05) is 36.4 Å². The summed E-state index contributed by atoms with van der Waals surface area (Å²) in [6.07, 6.45) is 1.94. The van der Waals surface area contributed by atoms with E-state index in [0.29, 0.717) is 12.2 Å². The van der Waals surface area contributed by atoms with Gasteiger partial charge in [0, 0.05) is 43.8 Å². The molecule has 158 valence electrons. The van der Waals surface area contributed by atoms with Crippen molar-refractivity contribution in [2.75, 3.05) is 53.9 Å². The van der Waals surface area contributed by atoms with E-state index in [2.05, 4.69) is 20.3 Å². The van der Waals surface area contributed by atoms with Crippen LogP contribution < -0.4 is 20.3 Å². The first kappa shape index (κ1) is 20.4. The van der Waals surface area contributed by atoms with Crippen molar-refractivity contribution in [1.82, 2.24) is 15.3 Å². The highest BCUT2D eigenvalue weighted by Crippen LogP contribution is 2.24. The molecule has 9 heteroatoms. The molecule has 0 atom stereocenters. The summed E-state index contributed by atoms with van der Waals surface area (Å²) < 4.78 is 25.1. The molecular weight excluding hydrogens is 400 g/mol. The SMILES string of the molecule is CS(=O)(=O)Nc1ccc(CCNc2nc(N3CCNCC3)nc3ccccc23)cc1. The summed E-state index contributed by atoms with van der Waals surface area (Å²) in [5.74, 6) is 1.60. The molecule has 1 aliphatic rings. The second kappa shape index (κ2) is 8.85. The molecule has 2 heterocycles.